The highest BCUT2D eigenvalue weighted by Crippen LogP contribution is 2.47. The van der Waals surface area contributed by atoms with Crippen LogP contribution < -0.4 is 31.5 Å². The molecule has 13 nitrogen and oxygen atoms in total. The molecule has 0 aliphatic carbocycles. The summed E-state index contributed by atoms with van der Waals surface area (Å²) in [6.07, 6.45) is 9.83. The number of aromatic nitrogens is 7. The number of pyridine rings is 3. The summed E-state index contributed by atoms with van der Waals surface area (Å²) in [6, 6.07) is 103. The first-order valence-corrected chi connectivity index (χ1v) is 42.4. The highest BCUT2D eigenvalue weighted by Gasteiger charge is 2.20. The Morgan fingerprint density at radius 2 is 0.669 bits per heavy atom. The molecule has 0 bridgehead atoms. The van der Waals surface area contributed by atoms with E-state index in [-0.39, 0.29) is 0 Å². The van der Waals surface area contributed by atoms with Crippen LogP contribution in [0.15, 0.2) is 313 Å². The van der Waals surface area contributed by atoms with E-state index in [1.165, 1.54) is 97.3 Å². The van der Waals surface area contributed by atoms with Gasteiger partial charge in [-0.15, -0.1) is 0 Å². The number of fused-ring (bicyclic) bond motifs is 13. The fraction of sp³-hybridized carbons (Fsp3) is 0.150. The number of aryl methyl sites for hydroxylation is 4. The topological polar surface area (TPSA) is 154 Å². The third-order valence-electron chi connectivity index (χ3n) is 20.6. The fourth-order valence-corrected chi connectivity index (χ4v) is 15.7. The van der Waals surface area contributed by atoms with Gasteiger partial charge in [0.05, 0.1) is 67.1 Å². The number of hydrogen-bond acceptors (Lipinski definition) is 14. The molecule has 0 spiro atoms. The van der Waals surface area contributed by atoms with E-state index in [0.29, 0.717) is 11.6 Å². The first-order valence-electron chi connectivity index (χ1n) is 41.6. The van der Waals surface area contributed by atoms with Gasteiger partial charge >= 0.3 is 0 Å². The fourth-order valence-electron chi connectivity index (χ4n) is 14.5. The molecule has 0 unspecified atom stereocenters. The zero-order valence-corrected chi connectivity index (χ0v) is 73.0. The Bertz CT molecular complexity index is 6550. The summed E-state index contributed by atoms with van der Waals surface area (Å²) in [4.78, 5) is 37.5. The molecule has 121 heavy (non-hydrogen) atoms. The molecule has 0 fully saturated rings. The Morgan fingerprint density at radius 3 is 1.19 bits per heavy atom. The van der Waals surface area contributed by atoms with Gasteiger partial charge in [-0.25, -0.2) is 29.9 Å². The standard InChI is InChI=1S/C22H19N3.C20H21N3.C18H14N2.2C14H12N2.C13H11NS.3C2H6/c1-15-7-9-16(10-8-15)11-12-21-24-20-14-18-6-4-3-5-17(18)13-19(20)22(23-2)25-21;1-13-5-7-16(8-6-13)9-10-19-22-18-12-15(3)14(2)11-17(18)20(21-4)23-19;1-19-17-14-8-4-5-9-16(14)20-18-13-7-3-2-6-12(13)10-11-15(17)18;1-15-14-10-6-2-4-8-12(10)16-13-9-5-3-7-11(13)14;1-15-14-11-6-3-2-5-10(11)9-13-12(14)7-4-8-16-13;1-14-10-6-2-4-8-12(10)15-13-9-5-3-7-11(13)14;3*1-2/h3-14H,1-2H3,(H,23,24,25);5-12H,1-4H3,(H,21,22,23);2-11H,1H3,(H,19,20);2-9H,1H3,(H,15,16);2-9,15H,1H3;2-9H,1H3;3*1-2H3/b12-11+;10-9+;;;;;;;. The number of benzene rings is 14. The predicted molar refractivity (Wildman–Crippen MR) is 528 cm³/mol. The Morgan fingerprint density at radius 1 is 0.281 bits per heavy atom. The van der Waals surface area contributed by atoms with Gasteiger partial charge in [-0.3, -0.25) is 4.98 Å². The Labute approximate surface area is 716 Å². The summed E-state index contributed by atoms with van der Waals surface area (Å²) in [7, 11) is 11.8. The highest BCUT2D eigenvalue weighted by atomic mass is 32.2. The molecule has 5 aromatic heterocycles. The smallest absolute Gasteiger partial charge is 0.154 e. The van der Waals surface area contributed by atoms with Crippen LogP contribution in [-0.4, -0.2) is 77.2 Å². The molecule has 14 aromatic carbocycles. The Balaban J connectivity index is 0.000000132. The molecular formula is C107H107N13S. The largest absolute Gasteiger partial charge is 0.387 e. The van der Waals surface area contributed by atoms with Crippen LogP contribution in [0.2, 0.25) is 0 Å². The summed E-state index contributed by atoms with van der Waals surface area (Å²) in [5.74, 6) is 3.12. The molecule has 0 atom stereocenters. The second-order valence-electron chi connectivity index (χ2n) is 28.1. The van der Waals surface area contributed by atoms with Crippen molar-refractivity contribution in [2.75, 3.05) is 73.8 Å². The van der Waals surface area contributed by atoms with Crippen LogP contribution in [0.5, 0.6) is 0 Å². The maximum atomic E-state index is 4.87. The Kier molecular flexibility index (Phi) is 29.8. The molecule has 1 aliphatic rings. The first-order chi connectivity index (χ1) is 59.3. The second-order valence-corrected chi connectivity index (χ2v) is 29.2. The molecule has 0 saturated heterocycles. The third-order valence-corrected chi connectivity index (χ3v) is 21.7. The molecule has 5 N–H and O–H groups in total. The maximum Gasteiger partial charge on any atom is 0.154 e. The van der Waals surface area contributed by atoms with Crippen LogP contribution in [0.25, 0.3) is 133 Å². The average molecular weight is 1610 g/mol. The molecule has 0 radical (unpaired) electrons. The van der Waals surface area contributed by atoms with Gasteiger partial charge in [-0.05, 0) is 169 Å². The van der Waals surface area contributed by atoms with Gasteiger partial charge in [0.1, 0.15) is 11.6 Å². The molecule has 20 rings (SSSR count). The molecule has 0 saturated carbocycles. The van der Waals surface area contributed by atoms with Crippen molar-refractivity contribution in [1.29, 1.82) is 0 Å². The van der Waals surface area contributed by atoms with Gasteiger partial charge in [0.15, 0.2) is 11.6 Å². The van der Waals surface area contributed by atoms with Crippen LogP contribution in [0.4, 0.5) is 40.1 Å². The summed E-state index contributed by atoms with van der Waals surface area (Å²) in [6.45, 7) is 20.4. The summed E-state index contributed by atoms with van der Waals surface area (Å²) in [5, 5.41) is 31.5. The number of anilines is 7. The van der Waals surface area contributed by atoms with Crippen molar-refractivity contribution in [3.8, 4) is 0 Å². The van der Waals surface area contributed by atoms with Crippen molar-refractivity contribution in [1.82, 2.24) is 34.9 Å². The van der Waals surface area contributed by atoms with Crippen LogP contribution in [0.3, 0.4) is 0 Å². The maximum absolute atomic E-state index is 4.87. The highest BCUT2D eigenvalue weighted by molar-refractivity contribution is 7.99. The Hall–Kier alpha value is -14.1. The van der Waals surface area contributed by atoms with E-state index in [4.69, 9.17) is 9.97 Å². The van der Waals surface area contributed by atoms with E-state index >= 15 is 0 Å². The SMILES string of the molecule is CC.CC.CC.CN1c2ccccc2Sc2ccccc21.CNc1c2ccccc2cc2ncccc12.CNc1c2ccccc2nc2c1ccc1ccccc12.CNc1c2ccccc2nc2ccccc12.CNc1nc(/C=C/c2ccc(C)cc2)nc2cc(C)c(C)cc12.CNc1nc(/C=C/c2ccc(C)cc2)nc2cc3ccccc3cc12. The minimum Gasteiger partial charge on any atom is -0.387 e. The van der Waals surface area contributed by atoms with E-state index in [0.717, 1.165) is 94.6 Å². The first kappa shape index (κ1) is 86.3. The van der Waals surface area contributed by atoms with E-state index in [1.807, 2.05) is 180 Å². The number of para-hydroxylation sites is 5. The van der Waals surface area contributed by atoms with Crippen LogP contribution in [0.1, 0.15) is 86.6 Å². The van der Waals surface area contributed by atoms with Gasteiger partial charge in [-0.1, -0.05) is 289 Å². The summed E-state index contributed by atoms with van der Waals surface area (Å²) in [5.41, 5.74) is 20.4. The van der Waals surface area contributed by atoms with E-state index < -0.39 is 0 Å². The number of nitrogens with zero attached hydrogens (tertiary/aromatic N) is 8. The molecule has 0 amide bonds. The van der Waals surface area contributed by atoms with Crippen molar-refractivity contribution in [2.24, 2.45) is 0 Å². The lowest BCUT2D eigenvalue weighted by molar-refractivity contribution is 1.11. The molecule has 1 aliphatic heterocycles. The lowest BCUT2D eigenvalue weighted by atomic mass is 10.0. The van der Waals surface area contributed by atoms with Gasteiger partial charge in [0.25, 0.3) is 0 Å². The van der Waals surface area contributed by atoms with Crippen molar-refractivity contribution in [3.05, 3.63) is 348 Å². The van der Waals surface area contributed by atoms with Crippen molar-refractivity contribution >= 4 is 185 Å². The minimum absolute atomic E-state index is 0.702. The quantitative estimate of drug-likeness (QED) is 0.0688. The van der Waals surface area contributed by atoms with Gasteiger partial charge in [0, 0.05) is 107 Å². The zero-order valence-electron chi connectivity index (χ0n) is 72.2. The monoisotopic (exact) mass is 1610 g/mol. The van der Waals surface area contributed by atoms with Crippen LogP contribution in [0, 0.1) is 27.7 Å². The number of rotatable bonds is 9. The third kappa shape index (κ3) is 20.2. The van der Waals surface area contributed by atoms with Gasteiger partial charge < -0.3 is 31.5 Å². The summed E-state index contributed by atoms with van der Waals surface area (Å²) >= 11 is 1.84. The lowest BCUT2D eigenvalue weighted by Crippen LogP contribution is -2.14. The van der Waals surface area contributed by atoms with Gasteiger partial charge in [0.2, 0.25) is 0 Å². The normalized spacial score (nSPS) is 11.0. The van der Waals surface area contributed by atoms with E-state index in [2.05, 4.69) is 328 Å². The average Bonchev–Trinajstić information content (AvgIpc) is 0.752. The molecule has 6 heterocycles. The second kappa shape index (κ2) is 41.8. The van der Waals surface area contributed by atoms with Gasteiger partial charge in [-0.2, -0.15) is 0 Å². The minimum atomic E-state index is 0.702. The number of hydrogen-bond donors (Lipinski definition) is 5. The number of nitrogens with one attached hydrogen (secondary N) is 5. The van der Waals surface area contributed by atoms with Crippen molar-refractivity contribution in [3.63, 3.8) is 0 Å². The van der Waals surface area contributed by atoms with Crippen molar-refractivity contribution < 1.29 is 0 Å². The lowest BCUT2D eigenvalue weighted by Gasteiger charge is -2.29. The zero-order chi connectivity index (χ0) is 85.3. The van der Waals surface area contributed by atoms with E-state index in [9.17, 15) is 0 Å². The van der Waals surface area contributed by atoms with Crippen LogP contribution >= 0.6 is 11.8 Å². The van der Waals surface area contributed by atoms with Crippen molar-refractivity contribution in [2.45, 2.75) is 79.0 Å². The molecular weight excluding hydrogens is 1500 g/mol. The van der Waals surface area contributed by atoms with E-state index in [1.54, 1.807) is 0 Å². The molecule has 19 aromatic rings. The molecule has 606 valence electrons. The predicted octanol–water partition coefficient (Wildman–Crippen LogP) is 28.5. The van der Waals surface area contributed by atoms with Crippen LogP contribution in [-0.2, 0) is 0 Å². The molecule has 14 heteroatoms. The summed E-state index contributed by atoms with van der Waals surface area (Å²) < 4.78 is 0.